The van der Waals surface area contributed by atoms with Crippen LogP contribution in [0.25, 0.3) is 11.0 Å². The van der Waals surface area contributed by atoms with Crippen LogP contribution < -0.4 is 4.74 Å². The van der Waals surface area contributed by atoms with Gasteiger partial charge in [0.05, 0.1) is 12.1 Å². The van der Waals surface area contributed by atoms with Crippen molar-refractivity contribution in [2.45, 2.75) is 13.5 Å². The zero-order valence-corrected chi connectivity index (χ0v) is 14.3. The number of rotatable bonds is 5. The monoisotopic (exact) mass is 348 g/mol. The maximum atomic E-state index is 11.7. The number of carbonyl (C=O) groups excluding carboxylic acids is 1. The number of benzene rings is 2. The highest BCUT2D eigenvalue weighted by Crippen LogP contribution is 2.29. The van der Waals surface area contributed by atoms with Crippen LogP contribution in [0, 0.1) is 0 Å². The Kier molecular flexibility index (Phi) is 3.92. The Balaban J connectivity index is 1.71. The lowest BCUT2D eigenvalue weighted by Gasteiger charge is -2.12. The van der Waals surface area contributed by atoms with Gasteiger partial charge in [-0.05, 0) is 37.3 Å². The van der Waals surface area contributed by atoms with Gasteiger partial charge >= 0.3 is 0 Å². The predicted molar refractivity (Wildman–Crippen MR) is 94.2 cm³/mol. The number of carbonyl (C=O) groups is 1. The van der Waals surface area contributed by atoms with Crippen molar-refractivity contribution in [1.29, 1.82) is 0 Å². The van der Waals surface area contributed by atoms with Crippen molar-refractivity contribution in [2.24, 2.45) is 7.05 Å². The molecule has 130 valence electrons. The second-order valence-electron chi connectivity index (χ2n) is 5.94. The first kappa shape index (κ1) is 15.9. The third kappa shape index (κ3) is 3.04. The van der Waals surface area contributed by atoms with Crippen molar-refractivity contribution in [3.63, 3.8) is 0 Å². The average Bonchev–Trinajstić information content (AvgIpc) is 3.26. The van der Waals surface area contributed by atoms with Gasteiger partial charge in [0.1, 0.15) is 29.7 Å². The predicted octanol–water partition coefficient (Wildman–Crippen LogP) is 2.60. The van der Waals surface area contributed by atoms with Gasteiger partial charge in [0.2, 0.25) is 0 Å². The summed E-state index contributed by atoms with van der Waals surface area (Å²) in [6.07, 6.45) is 3.09. The van der Waals surface area contributed by atoms with Crippen LogP contribution in [-0.4, -0.2) is 35.5 Å². The van der Waals surface area contributed by atoms with E-state index >= 15 is 0 Å². The summed E-state index contributed by atoms with van der Waals surface area (Å²) in [6.45, 7) is 1.99. The van der Waals surface area contributed by atoms with Crippen LogP contribution >= 0.6 is 0 Å². The standard InChI is InChI=1S/C18H16N6O2/c1-12(25)13-3-6-18(14(7-13)9-24-11-19-10-20-24)26-15-4-5-16-17(8-15)23(2)22-21-16/h3-8,10-11H,9H2,1-2H3. The van der Waals surface area contributed by atoms with E-state index in [1.54, 1.807) is 34.7 Å². The lowest BCUT2D eigenvalue weighted by atomic mass is 10.1. The molecule has 8 nitrogen and oxygen atoms in total. The molecule has 4 aromatic rings. The van der Waals surface area contributed by atoms with Gasteiger partial charge < -0.3 is 4.74 Å². The fourth-order valence-electron chi connectivity index (χ4n) is 2.71. The number of hydrogen-bond acceptors (Lipinski definition) is 6. The van der Waals surface area contributed by atoms with Crippen molar-refractivity contribution >= 4 is 16.8 Å². The molecular weight excluding hydrogens is 332 g/mol. The number of ketones is 1. The molecule has 0 fully saturated rings. The molecule has 0 spiro atoms. The summed E-state index contributed by atoms with van der Waals surface area (Å²) >= 11 is 0. The molecule has 0 N–H and O–H groups in total. The van der Waals surface area contributed by atoms with Crippen molar-refractivity contribution in [2.75, 3.05) is 0 Å². The van der Waals surface area contributed by atoms with Crippen LogP contribution in [0.2, 0.25) is 0 Å². The minimum absolute atomic E-state index is 0.00114. The summed E-state index contributed by atoms with van der Waals surface area (Å²) < 4.78 is 9.46. The highest BCUT2D eigenvalue weighted by atomic mass is 16.5. The molecule has 0 saturated heterocycles. The second kappa shape index (κ2) is 6.40. The molecule has 0 aliphatic rings. The third-order valence-electron chi connectivity index (χ3n) is 4.08. The number of aryl methyl sites for hydroxylation is 1. The average molecular weight is 348 g/mol. The number of aromatic nitrogens is 6. The SMILES string of the molecule is CC(=O)c1ccc(Oc2ccc3nnn(C)c3c2)c(Cn2cncn2)c1. The van der Waals surface area contributed by atoms with Crippen LogP contribution in [-0.2, 0) is 13.6 Å². The van der Waals surface area contributed by atoms with Gasteiger partial charge in [0.25, 0.3) is 0 Å². The van der Waals surface area contributed by atoms with Gasteiger partial charge in [-0.25, -0.2) is 14.3 Å². The topological polar surface area (TPSA) is 87.7 Å². The quantitative estimate of drug-likeness (QED) is 0.515. The van der Waals surface area contributed by atoms with Gasteiger partial charge in [-0.2, -0.15) is 5.10 Å². The molecule has 2 aromatic carbocycles. The molecule has 2 heterocycles. The highest BCUT2D eigenvalue weighted by Gasteiger charge is 2.11. The number of Topliss-reactive ketones (excluding diaryl/α,β-unsaturated/α-hetero) is 1. The lowest BCUT2D eigenvalue weighted by molar-refractivity contribution is 0.101. The minimum Gasteiger partial charge on any atom is -0.457 e. The molecule has 8 heteroatoms. The molecular formula is C18H16N6O2. The fraction of sp³-hybridized carbons (Fsp3) is 0.167. The first-order valence-corrected chi connectivity index (χ1v) is 8.04. The van der Waals surface area contributed by atoms with E-state index in [4.69, 9.17) is 4.74 Å². The number of ether oxygens (including phenoxy) is 1. The smallest absolute Gasteiger partial charge is 0.159 e. The van der Waals surface area contributed by atoms with Gasteiger partial charge in [-0.15, -0.1) is 5.10 Å². The molecule has 0 unspecified atom stereocenters. The van der Waals surface area contributed by atoms with Crippen molar-refractivity contribution < 1.29 is 9.53 Å². The molecule has 0 radical (unpaired) electrons. The summed E-state index contributed by atoms with van der Waals surface area (Å²) in [4.78, 5) is 15.7. The molecule has 0 atom stereocenters. The normalized spacial score (nSPS) is 11.0. The third-order valence-corrected chi connectivity index (χ3v) is 4.08. The van der Waals surface area contributed by atoms with Crippen molar-refractivity contribution in [3.05, 3.63) is 60.2 Å². The molecule has 0 amide bonds. The lowest BCUT2D eigenvalue weighted by Crippen LogP contribution is -2.04. The van der Waals surface area contributed by atoms with E-state index in [2.05, 4.69) is 20.4 Å². The minimum atomic E-state index is -0.00114. The van der Waals surface area contributed by atoms with Crippen LogP contribution in [0.3, 0.4) is 0 Å². The molecule has 26 heavy (non-hydrogen) atoms. The molecule has 0 bridgehead atoms. The van der Waals surface area contributed by atoms with Crippen molar-refractivity contribution in [1.82, 2.24) is 29.8 Å². The number of hydrogen-bond donors (Lipinski definition) is 0. The van der Waals surface area contributed by atoms with Crippen LogP contribution in [0.5, 0.6) is 11.5 Å². The second-order valence-corrected chi connectivity index (χ2v) is 5.94. The Labute approximate surface area is 149 Å². The maximum Gasteiger partial charge on any atom is 0.159 e. The zero-order valence-electron chi connectivity index (χ0n) is 14.3. The zero-order chi connectivity index (χ0) is 18.1. The summed E-state index contributed by atoms with van der Waals surface area (Å²) in [5.41, 5.74) is 3.14. The molecule has 0 saturated carbocycles. The van der Waals surface area contributed by atoms with E-state index in [-0.39, 0.29) is 5.78 Å². The Bertz CT molecular complexity index is 1080. The summed E-state index contributed by atoms with van der Waals surface area (Å²) in [6, 6.07) is 11.0. The Morgan fingerprint density at radius 1 is 1.19 bits per heavy atom. The van der Waals surface area contributed by atoms with Crippen molar-refractivity contribution in [3.8, 4) is 11.5 Å². The molecule has 0 aliphatic heterocycles. The molecule has 4 rings (SSSR count). The fourth-order valence-corrected chi connectivity index (χ4v) is 2.71. The largest absolute Gasteiger partial charge is 0.457 e. The van der Waals surface area contributed by atoms with E-state index in [9.17, 15) is 4.79 Å². The van der Waals surface area contributed by atoms with Crippen LogP contribution in [0.15, 0.2) is 49.1 Å². The van der Waals surface area contributed by atoms with E-state index < -0.39 is 0 Å². The number of nitrogens with zero attached hydrogens (tertiary/aromatic N) is 6. The van der Waals surface area contributed by atoms with Crippen LogP contribution in [0.4, 0.5) is 0 Å². The van der Waals surface area contributed by atoms with Crippen LogP contribution in [0.1, 0.15) is 22.8 Å². The first-order valence-electron chi connectivity index (χ1n) is 8.04. The molecule has 0 aliphatic carbocycles. The maximum absolute atomic E-state index is 11.7. The number of fused-ring (bicyclic) bond motifs is 1. The van der Waals surface area contributed by atoms with Gasteiger partial charge in [-0.1, -0.05) is 5.21 Å². The highest BCUT2D eigenvalue weighted by molar-refractivity contribution is 5.94. The van der Waals surface area contributed by atoms with E-state index in [1.165, 1.54) is 6.33 Å². The van der Waals surface area contributed by atoms with E-state index in [0.717, 1.165) is 16.6 Å². The summed E-state index contributed by atoms with van der Waals surface area (Å²) in [7, 11) is 1.83. The van der Waals surface area contributed by atoms with Gasteiger partial charge in [0.15, 0.2) is 5.78 Å². The van der Waals surface area contributed by atoms with Gasteiger partial charge in [-0.3, -0.25) is 4.79 Å². The first-order chi connectivity index (χ1) is 12.6. The Morgan fingerprint density at radius 2 is 2.08 bits per heavy atom. The Hall–Kier alpha value is -3.55. The summed E-state index contributed by atoms with van der Waals surface area (Å²) in [5.74, 6) is 1.32. The Morgan fingerprint density at radius 3 is 2.85 bits per heavy atom. The molecule has 2 aromatic heterocycles. The summed E-state index contributed by atoms with van der Waals surface area (Å²) in [5, 5.41) is 12.2. The van der Waals surface area contributed by atoms with E-state index in [0.29, 0.717) is 23.6 Å². The van der Waals surface area contributed by atoms with E-state index in [1.807, 2.05) is 31.3 Å². The van der Waals surface area contributed by atoms with Gasteiger partial charge in [0, 0.05) is 24.2 Å².